The van der Waals surface area contributed by atoms with E-state index in [-0.39, 0.29) is 5.41 Å². The first-order valence-corrected chi connectivity index (χ1v) is 13.7. The van der Waals surface area contributed by atoms with Crippen molar-refractivity contribution in [2.24, 2.45) is 39.9 Å². The number of fused-ring (bicyclic) bond motifs is 3. The Morgan fingerprint density at radius 3 is 2.48 bits per heavy atom. The Hall–Kier alpha value is -0.590. The van der Waals surface area contributed by atoms with Gasteiger partial charge < -0.3 is 8.92 Å². The van der Waals surface area contributed by atoms with E-state index in [4.69, 9.17) is 8.92 Å². The first kappa shape index (κ1) is 23.6. The molecule has 5 nitrogen and oxygen atoms in total. The Balaban J connectivity index is 1.64. The predicted molar refractivity (Wildman–Crippen MR) is 122 cm³/mol. The predicted octanol–water partition coefficient (Wildman–Crippen LogP) is 6.17. The van der Waals surface area contributed by atoms with Crippen molar-refractivity contribution in [2.45, 2.75) is 91.9 Å². The molecule has 6 atom stereocenters. The van der Waals surface area contributed by atoms with Gasteiger partial charge in [-0.05, 0) is 103 Å². The van der Waals surface area contributed by atoms with Gasteiger partial charge in [-0.1, -0.05) is 34.1 Å². The van der Waals surface area contributed by atoms with Crippen molar-refractivity contribution >= 4 is 10.4 Å². The minimum Gasteiger partial charge on any atom is -0.381 e. The molecule has 1 saturated heterocycles. The Bertz CT molecular complexity index is 797. The zero-order valence-corrected chi connectivity index (χ0v) is 20.7. The molecule has 178 valence electrons. The molecule has 0 amide bonds. The van der Waals surface area contributed by atoms with E-state index < -0.39 is 10.4 Å². The van der Waals surface area contributed by atoms with Gasteiger partial charge in [0, 0.05) is 13.2 Å². The lowest BCUT2D eigenvalue weighted by Crippen LogP contribution is -2.58. The number of hydrogen-bond acceptors (Lipinski definition) is 4. The van der Waals surface area contributed by atoms with E-state index in [2.05, 4.69) is 27.7 Å². The van der Waals surface area contributed by atoms with Crippen molar-refractivity contribution in [3.8, 4) is 0 Å². The van der Waals surface area contributed by atoms with Gasteiger partial charge in [0.2, 0.25) is 0 Å². The van der Waals surface area contributed by atoms with Crippen LogP contribution in [0.4, 0.5) is 0 Å². The molecule has 0 unspecified atom stereocenters. The molecular weight excluding hydrogens is 412 g/mol. The Labute approximate surface area is 189 Å². The van der Waals surface area contributed by atoms with Crippen LogP contribution in [0.25, 0.3) is 0 Å². The van der Waals surface area contributed by atoms with Gasteiger partial charge in [0.05, 0.1) is 0 Å². The molecule has 1 aliphatic heterocycles. The molecule has 0 radical (unpaired) electrons. The fraction of sp³-hybridized carbons (Fsp3) is 0.920. The van der Waals surface area contributed by atoms with Crippen LogP contribution in [-0.4, -0.2) is 26.2 Å². The van der Waals surface area contributed by atoms with Crippen LogP contribution in [0.3, 0.4) is 0 Å². The third-order valence-electron chi connectivity index (χ3n) is 10.0. The fourth-order valence-electron chi connectivity index (χ4n) is 8.66. The Morgan fingerprint density at radius 1 is 1.03 bits per heavy atom. The van der Waals surface area contributed by atoms with Crippen molar-refractivity contribution < 1.29 is 21.9 Å². The number of ether oxygens (including phenoxy) is 1. The van der Waals surface area contributed by atoms with E-state index in [1.165, 1.54) is 38.4 Å². The molecule has 1 heterocycles. The zero-order chi connectivity index (χ0) is 22.5. The lowest BCUT2D eigenvalue weighted by Gasteiger charge is -2.66. The first-order chi connectivity index (χ1) is 14.5. The van der Waals surface area contributed by atoms with E-state index in [9.17, 15) is 13.0 Å². The van der Waals surface area contributed by atoms with Crippen LogP contribution in [0.1, 0.15) is 91.9 Å². The molecule has 3 saturated carbocycles. The fourth-order valence-corrected chi connectivity index (χ4v) is 8.91. The molecule has 4 fully saturated rings. The first-order valence-electron chi connectivity index (χ1n) is 12.4. The van der Waals surface area contributed by atoms with Crippen LogP contribution in [0.5, 0.6) is 0 Å². The molecule has 3 aliphatic carbocycles. The molecule has 0 aromatic rings. The molecule has 0 spiro atoms. The maximum atomic E-state index is 11.3. The molecule has 0 bridgehead atoms. The second-order valence-corrected chi connectivity index (χ2v) is 13.2. The second kappa shape index (κ2) is 8.32. The monoisotopic (exact) mass is 454 g/mol. The number of allylic oxidation sites excluding steroid dienone is 1. The second-order valence-electron chi connectivity index (χ2n) is 12.1. The largest absolute Gasteiger partial charge is 0.445 e. The SMILES string of the molecule is CC1(C)CCC[C@]2(C)[C@H]3CC/C(=C\OS(=O)(=O)O)[C@H](CC[C@@H]4CCOC4)[C@@]3(C)CC[C@@H]12. The summed E-state index contributed by atoms with van der Waals surface area (Å²) in [4.78, 5) is 0. The highest BCUT2D eigenvalue weighted by Gasteiger charge is 2.61. The highest BCUT2D eigenvalue weighted by atomic mass is 32.3. The van der Waals surface area contributed by atoms with Gasteiger partial charge >= 0.3 is 10.4 Å². The molecule has 0 aromatic heterocycles. The minimum atomic E-state index is -4.47. The van der Waals surface area contributed by atoms with Gasteiger partial charge in [-0.3, -0.25) is 4.55 Å². The summed E-state index contributed by atoms with van der Waals surface area (Å²) in [6, 6.07) is 0. The van der Waals surface area contributed by atoms with Crippen molar-refractivity contribution in [1.29, 1.82) is 0 Å². The molecule has 1 N–H and O–H groups in total. The van der Waals surface area contributed by atoms with Gasteiger partial charge in [0.1, 0.15) is 6.26 Å². The van der Waals surface area contributed by atoms with Crippen LogP contribution >= 0.6 is 0 Å². The maximum absolute atomic E-state index is 11.3. The van der Waals surface area contributed by atoms with Crippen molar-refractivity contribution in [1.82, 2.24) is 0 Å². The van der Waals surface area contributed by atoms with Crippen LogP contribution in [0, 0.1) is 39.9 Å². The van der Waals surface area contributed by atoms with Crippen LogP contribution in [-0.2, 0) is 19.3 Å². The van der Waals surface area contributed by atoms with Gasteiger partial charge in [0.25, 0.3) is 0 Å². The van der Waals surface area contributed by atoms with Gasteiger partial charge in [-0.2, -0.15) is 8.42 Å². The van der Waals surface area contributed by atoms with Crippen LogP contribution in [0.2, 0.25) is 0 Å². The Kier molecular flexibility index (Phi) is 6.33. The highest BCUT2D eigenvalue weighted by Crippen LogP contribution is 2.69. The quantitative estimate of drug-likeness (QED) is 0.397. The van der Waals surface area contributed by atoms with E-state index in [0.29, 0.717) is 28.6 Å². The summed E-state index contributed by atoms with van der Waals surface area (Å²) in [6.45, 7) is 11.7. The lowest BCUT2D eigenvalue weighted by molar-refractivity contribution is -0.154. The van der Waals surface area contributed by atoms with Crippen LogP contribution < -0.4 is 0 Å². The van der Waals surface area contributed by atoms with E-state index >= 15 is 0 Å². The molecule has 0 aromatic carbocycles. The number of hydrogen-bond donors (Lipinski definition) is 1. The standard InChI is InChI=1S/C25H42O5S/c1-23(2)12-5-13-25(4)21(23)10-14-24(3)20(8-6-18-11-15-29-16-18)19(7-9-22(24)25)17-30-31(26,27)28/h17-18,20-22H,5-16H2,1-4H3,(H,26,27,28)/b19-17+/t18-,20+,21+,22+,24-,25+/m1/s1. The molecular formula is C25H42O5S. The van der Waals surface area contributed by atoms with Gasteiger partial charge in [-0.25, -0.2) is 0 Å². The van der Waals surface area contributed by atoms with Crippen LogP contribution in [0.15, 0.2) is 11.8 Å². The third kappa shape index (κ3) is 4.46. The zero-order valence-electron chi connectivity index (χ0n) is 19.9. The van der Waals surface area contributed by atoms with E-state index in [0.717, 1.165) is 56.8 Å². The normalized spacial score (nSPS) is 44.0. The smallest absolute Gasteiger partial charge is 0.381 e. The summed E-state index contributed by atoms with van der Waals surface area (Å²) in [5.74, 6) is 2.31. The number of rotatable bonds is 5. The molecule has 31 heavy (non-hydrogen) atoms. The molecule has 4 rings (SSSR count). The molecule has 6 heteroatoms. The summed E-state index contributed by atoms with van der Waals surface area (Å²) in [5, 5.41) is 0. The van der Waals surface area contributed by atoms with Crippen molar-refractivity contribution in [2.75, 3.05) is 13.2 Å². The minimum absolute atomic E-state index is 0.144. The van der Waals surface area contributed by atoms with Crippen molar-refractivity contribution in [3.63, 3.8) is 0 Å². The average Bonchev–Trinajstić information content (AvgIpc) is 3.17. The topological polar surface area (TPSA) is 72.8 Å². The third-order valence-corrected chi connectivity index (χ3v) is 10.4. The Morgan fingerprint density at radius 2 is 1.81 bits per heavy atom. The van der Waals surface area contributed by atoms with Gasteiger partial charge in [-0.15, -0.1) is 0 Å². The van der Waals surface area contributed by atoms with E-state index in [1.54, 1.807) is 0 Å². The summed E-state index contributed by atoms with van der Waals surface area (Å²) in [7, 11) is -4.47. The summed E-state index contributed by atoms with van der Waals surface area (Å²) < 4.78 is 42.2. The summed E-state index contributed by atoms with van der Waals surface area (Å²) in [5.41, 5.74) is 1.96. The molecule has 4 aliphatic rings. The highest BCUT2D eigenvalue weighted by molar-refractivity contribution is 7.81. The maximum Gasteiger partial charge on any atom is 0.445 e. The average molecular weight is 455 g/mol. The van der Waals surface area contributed by atoms with Crippen molar-refractivity contribution in [3.05, 3.63) is 11.8 Å². The summed E-state index contributed by atoms with van der Waals surface area (Å²) >= 11 is 0. The van der Waals surface area contributed by atoms with Gasteiger partial charge in [0.15, 0.2) is 0 Å². The lowest BCUT2D eigenvalue weighted by atomic mass is 9.39. The summed E-state index contributed by atoms with van der Waals surface area (Å²) in [6.07, 6.45) is 13.0. The van der Waals surface area contributed by atoms with E-state index in [1.807, 2.05) is 0 Å².